The van der Waals surface area contributed by atoms with Gasteiger partial charge in [0.05, 0.1) is 37.1 Å². The second-order valence-electron chi connectivity index (χ2n) is 5.89. The van der Waals surface area contributed by atoms with Crippen LogP contribution in [0.1, 0.15) is 0 Å². The minimum absolute atomic E-state index is 0.0176. The van der Waals surface area contributed by atoms with Crippen LogP contribution in [0.5, 0.6) is 0 Å². The lowest BCUT2D eigenvalue weighted by atomic mass is 10.3. The van der Waals surface area contributed by atoms with E-state index < -0.39 is 0 Å². The van der Waals surface area contributed by atoms with Crippen LogP contribution in [-0.4, -0.2) is 64.3 Å². The van der Waals surface area contributed by atoms with Crippen LogP contribution in [0.15, 0.2) is 30.5 Å². The number of fused-ring (bicyclic) bond motifs is 1. The van der Waals surface area contributed by atoms with Gasteiger partial charge in [-0.3, -0.25) is 0 Å². The molecule has 26 heavy (non-hydrogen) atoms. The number of rotatable bonds is 5. The third kappa shape index (κ3) is 3.31. The van der Waals surface area contributed by atoms with Crippen LogP contribution in [0.25, 0.3) is 16.7 Å². The molecule has 0 unspecified atom stereocenters. The van der Waals surface area contributed by atoms with E-state index >= 15 is 0 Å². The monoisotopic (exact) mass is 374 g/mol. The molecule has 3 heterocycles. The van der Waals surface area contributed by atoms with Crippen LogP contribution in [-0.2, 0) is 4.74 Å². The number of halogens is 1. The number of anilines is 2. The molecule has 0 amide bonds. The lowest BCUT2D eigenvalue weighted by molar-refractivity contribution is 0.122. The van der Waals surface area contributed by atoms with Crippen LogP contribution >= 0.6 is 11.6 Å². The van der Waals surface area contributed by atoms with Gasteiger partial charge in [0.25, 0.3) is 0 Å². The van der Waals surface area contributed by atoms with E-state index in [0.717, 1.165) is 24.2 Å². The summed E-state index contributed by atoms with van der Waals surface area (Å²) >= 11 is 5.99. The predicted octanol–water partition coefficient (Wildman–Crippen LogP) is 1.71. The molecular weight excluding hydrogens is 356 g/mol. The highest BCUT2D eigenvalue weighted by atomic mass is 35.5. The van der Waals surface area contributed by atoms with Crippen LogP contribution < -0.4 is 10.2 Å². The van der Waals surface area contributed by atoms with E-state index in [4.69, 9.17) is 26.4 Å². The Morgan fingerprint density at radius 1 is 1.15 bits per heavy atom. The molecule has 1 fully saturated rings. The first-order valence-corrected chi connectivity index (χ1v) is 8.83. The smallest absolute Gasteiger partial charge is 0.229 e. The predicted molar refractivity (Wildman–Crippen MR) is 100 cm³/mol. The summed E-state index contributed by atoms with van der Waals surface area (Å²) in [7, 11) is 0. The fraction of sp³-hybridized carbons (Fsp3) is 0.353. The van der Waals surface area contributed by atoms with Gasteiger partial charge in [-0.05, 0) is 24.3 Å². The molecule has 0 aliphatic carbocycles. The van der Waals surface area contributed by atoms with Gasteiger partial charge in [-0.1, -0.05) is 11.6 Å². The highest BCUT2D eigenvalue weighted by molar-refractivity contribution is 6.30. The average Bonchev–Trinajstić information content (AvgIpc) is 3.11. The number of aliphatic hydroxyl groups excluding tert-OH is 1. The van der Waals surface area contributed by atoms with E-state index in [2.05, 4.69) is 20.3 Å². The molecule has 1 saturated heterocycles. The summed E-state index contributed by atoms with van der Waals surface area (Å²) in [5, 5.41) is 18.3. The summed E-state index contributed by atoms with van der Waals surface area (Å²) in [6.45, 7) is 3.19. The molecule has 2 N–H and O–H groups in total. The Bertz CT molecular complexity index is 892. The maximum atomic E-state index is 9.16. The van der Waals surface area contributed by atoms with Crippen LogP contribution in [0.3, 0.4) is 0 Å². The number of aromatic nitrogens is 4. The number of hydrogen-bond acceptors (Lipinski definition) is 7. The molecule has 0 bridgehead atoms. The second kappa shape index (κ2) is 7.45. The second-order valence-corrected chi connectivity index (χ2v) is 6.33. The Hall–Kier alpha value is -2.42. The molecule has 0 spiro atoms. The summed E-state index contributed by atoms with van der Waals surface area (Å²) in [5.74, 6) is 1.28. The molecule has 1 aliphatic rings. The van der Waals surface area contributed by atoms with Crippen molar-refractivity contribution in [2.45, 2.75) is 0 Å². The fourth-order valence-electron chi connectivity index (χ4n) is 2.88. The first-order valence-electron chi connectivity index (χ1n) is 8.45. The van der Waals surface area contributed by atoms with E-state index in [-0.39, 0.29) is 6.61 Å². The van der Waals surface area contributed by atoms with Crippen molar-refractivity contribution in [3.05, 3.63) is 35.5 Å². The summed E-state index contributed by atoms with van der Waals surface area (Å²) in [6.07, 6.45) is 1.73. The average molecular weight is 375 g/mol. The SMILES string of the molecule is OCCNc1nc(N2CCOCC2)nc2c1cnn2-c1ccc(Cl)cc1. The zero-order valence-electron chi connectivity index (χ0n) is 14.1. The Kier molecular flexibility index (Phi) is 4.87. The van der Waals surface area contributed by atoms with Crippen molar-refractivity contribution in [2.24, 2.45) is 0 Å². The summed E-state index contributed by atoms with van der Waals surface area (Å²) in [5.41, 5.74) is 1.56. The highest BCUT2D eigenvalue weighted by Gasteiger charge is 2.19. The first kappa shape index (κ1) is 17.0. The number of ether oxygens (including phenoxy) is 1. The van der Waals surface area contributed by atoms with Crippen molar-refractivity contribution in [3.63, 3.8) is 0 Å². The van der Waals surface area contributed by atoms with Crippen molar-refractivity contribution in [2.75, 3.05) is 49.7 Å². The number of benzene rings is 1. The van der Waals surface area contributed by atoms with Gasteiger partial charge in [-0.15, -0.1) is 0 Å². The number of nitrogens with zero attached hydrogens (tertiary/aromatic N) is 5. The molecule has 4 rings (SSSR count). The highest BCUT2D eigenvalue weighted by Crippen LogP contribution is 2.26. The van der Waals surface area contributed by atoms with E-state index in [0.29, 0.717) is 42.2 Å². The maximum absolute atomic E-state index is 9.16. The van der Waals surface area contributed by atoms with Crippen molar-refractivity contribution in [3.8, 4) is 5.69 Å². The molecule has 136 valence electrons. The first-order chi connectivity index (χ1) is 12.8. The number of aliphatic hydroxyl groups is 1. The van der Waals surface area contributed by atoms with Crippen LogP contribution in [0.2, 0.25) is 5.02 Å². The van der Waals surface area contributed by atoms with Gasteiger partial charge >= 0.3 is 0 Å². The summed E-state index contributed by atoms with van der Waals surface area (Å²) in [4.78, 5) is 11.5. The van der Waals surface area contributed by atoms with Crippen molar-refractivity contribution < 1.29 is 9.84 Å². The third-order valence-electron chi connectivity index (χ3n) is 4.19. The van der Waals surface area contributed by atoms with E-state index in [1.54, 1.807) is 10.9 Å². The van der Waals surface area contributed by atoms with Crippen LogP contribution in [0, 0.1) is 0 Å². The normalized spacial score (nSPS) is 14.8. The minimum Gasteiger partial charge on any atom is -0.395 e. The molecule has 2 aromatic heterocycles. The lowest BCUT2D eigenvalue weighted by Gasteiger charge is -2.27. The van der Waals surface area contributed by atoms with Crippen molar-refractivity contribution in [1.29, 1.82) is 0 Å². The van der Waals surface area contributed by atoms with Gasteiger partial charge < -0.3 is 20.1 Å². The zero-order chi connectivity index (χ0) is 17.9. The van der Waals surface area contributed by atoms with Gasteiger partial charge in [0.15, 0.2) is 5.65 Å². The molecule has 1 aromatic carbocycles. The molecule has 3 aromatic rings. The van der Waals surface area contributed by atoms with E-state index in [9.17, 15) is 0 Å². The minimum atomic E-state index is 0.0176. The molecule has 0 radical (unpaired) electrons. The number of morpholine rings is 1. The molecular formula is C17H19ClN6O2. The zero-order valence-corrected chi connectivity index (χ0v) is 14.9. The Labute approximate surface area is 155 Å². The van der Waals surface area contributed by atoms with Gasteiger partial charge in [0.1, 0.15) is 5.82 Å². The Balaban J connectivity index is 1.82. The van der Waals surface area contributed by atoms with Gasteiger partial charge in [-0.25, -0.2) is 4.68 Å². The largest absolute Gasteiger partial charge is 0.395 e. The molecule has 9 heteroatoms. The van der Waals surface area contributed by atoms with Crippen molar-refractivity contribution >= 4 is 34.4 Å². The van der Waals surface area contributed by atoms with Gasteiger partial charge in [-0.2, -0.15) is 15.1 Å². The summed E-state index contributed by atoms with van der Waals surface area (Å²) in [6, 6.07) is 7.43. The van der Waals surface area contributed by atoms with E-state index in [1.807, 2.05) is 24.3 Å². The Morgan fingerprint density at radius 3 is 2.65 bits per heavy atom. The van der Waals surface area contributed by atoms with Gasteiger partial charge in [0.2, 0.25) is 5.95 Å². The number of hydrogen-bond donors (Lipinski definition) is 2. The van der Waals surface area contributed by atoms with Crippen molar-refractivity contribution in [1.82, 2.24) is 19.7 Å². The standard InChI is InChI=1S/C17H19ClN6O2/c18-12-1-3-13(4-2-12)24-16-14(11-20-24)15(19-5-8-25)21-17(22-16)23-6-9-26-10-7-23/h1-4,11,25H,5-10H2,(H,19,21,22). The molecule has 0 atom stereocenters. The Morgan fingerprint density at radius 2 is 1.92 bits per heavy atom. The molecule has 1 aliphatic heterocycles. The van der Waals surface area contributed by atoms with E-state index in [1.165, 1.54) is 0 Å². The molecule has 0 saturated carbocycles. The number of nitrogens with one attached hydrogen (secondary N) is 1. The van der Waals surface area contributed by atoms with Crippen LogP contribution in [0.4, 0.5) is 11.8 Å². The maximum Gasteiger partial charge on any atom is 0.229 e. The quantitative estimate of drug-likeness (QED) is 0.702. The fourth-order valence-corrected chi connectivity index (χ4v) is 3.01. The topological polar surface area (TPSA) is 88.3 Å². The summed E-state index contributed by atoms with van der Waals surface area (Å²) < 4.78 is 7.18. The lowest BCUT2D eigenvalue weighted by Crippen LogP contribution is -2.37. The van der Waals surface area contributed by atoms with Gasteiger partial charge in [0, 0.05) is 24.7 Å². The molecule has 8 nitrogen and oxygen atoms in total. The third-order valence-corrected chi connectivity index (χ3v) is 4.44.